The van der Waals surface area contributed by atoms with Crippen LogP contribution in [0.2, 0.25) is 0 Å². The van der Waals surface area contributed by atoms with Crippen LogP contribution in [0.25, 0.3) is 10.9 Å². The van der Waals surface area contributed by atoms with E-state index >= 15 is 0 Å². The number of nitrogens with zero attached hydrogens (tertiary/aromatic N) is 2. The van der Waals surface area contributed by atoms with Crippen LogP contribution in [0.15, 0.2) is 36.4 Å². The van der Waals surface area contributed by atoms with E-state index in [0.717, 1.165) is 43.0 Å². The topological polar surface area (TPSA) is 33.2 Å². The molecule has 3 nitrogen and oxygen atoms in total. The van der Waals surface area contributed by atoms with Crippen molar-refractivity contribution in [3.63, 3.8) is 0 Å². The summed E-state index contributed by atoms with van der Waals surface area (Å²) in [6.45, 7) is 5.98. The first-order valence-corrected chi connectivity index (χ1v) is 8.99. The second-order valence-corrected chi connectivity index (χ2v) is 7.69. The lowest BCUT2D eigenvalue weighted by Gasteiger charge is -2.41. The highest BCUT2D eigenvalue weighted by Gasteiger charge is 2.39. The van der Waals surface area contributed by atoms with Gasteiger partial charge in [-0.25, -0.2) is 4.98 Å². The molecular formula is C17H22N2OS. The van der Waals surface area contributed by atoms with Crippen LogP contribution >= 0.6 is 0 Å². The predicted molar refractivity (Wildman–Crippen MR) is 90.3 cm³/mol. The van der Waals surface area contributed by atoms with Gasteiger partial charge in [0.25, 0.3) is 0 Å². The van der Waals surface area contributed by atoms with Crippen molar-refractivity contribution in [2.75, 3.05) is 23.7 Å². The van der Waals surface area contributed by atoms with Crippen molar-refractivity contribution in [1.82, 2.24) is 4.98 Å². The smallest absolute Gasteiger partial charge is 0.129 e. The molecule has 2 aromatic rings. The number of hydrogen-bond donors (Lipinski definition) is 0. The molecule has 0 bridgehead atoms. The van der Waals surface area contributed by atoms with Gasteiger partial charge in [0.05, 0.1) is 10.3 Å². The minimum absolute atomic E-state index is 0.0778. The highest BCUT2D eigenvalue weighted by Crippen LogP contribution is 2.31. The standard InChI is InChI=1S/C17H22N2OS/c1-3-17(4-2)13-19(11-12-21(17)20)16-10-9-14-7-5-6-8-15(14)18-16/h5-10H,3-4,11-13H2,1-2H3. The molecule has 1 aromatic carbocycles. The van der Waals surface area contributed by atoms with Crippen molar-refractivity contribution in [2.24, 2.45) is 0 Å². The van der Waals surface area contributed by atoms with Crippen molar-refractivity contribution in [3.05, 3.63) is 36.4 Å². The number of rotatable bonds is 3. The van der Waals surface area contributed by atoms with Crippen molar-refractivity contribution >= 4 is 27.5 Å². The molecule has 0 N–H and O–H groups in total. The molecule has 112 valence electrons. The van der Waals surface area contributed by atoms with E-state index in [1.165, 1.54) is 5.39 Å². The van der Waals surface area contributed by atoms with Gasteiger partial charge in [0.2, 0.25) is 0 Å². The zero-order chi connectivity index (χ0) is 14.9. The zero-order valence-electron chi connectivity index (χ0n) is 12.7. The van der Waals surface area contributed by atoms with Gasteiger partial charge in [-0.1, -0.05) is 32.0 Å². The Morgan fingerprint density at radius 3 is 2.71 bits per heavy atom. The van der Waals surface area contributed by atoms with Gasteiger partial charge >= 0.3 is 0 Å². The number of fused-ring (bicyclic) bond motifs is 1. The average Bonchev–Trinajstić information content (AvgIpc) is 2.55. The molecule has 0 saturated carbocycles. The maximum absolute atomic E-state index is 12.4. The third-order valence-electron chi connectivity index (χ3n) is 4.70. The van der Waals surface area contributed by atoms with Gasteiger partial charge in [0, 0.05) is 35.0 Å². The highest BCUT2D eigenvalue weighted by atomic mass is 32.2. The van der Waals surface area contributed by atoms with Gasteiger partial charge < -0.3 is 4.90 Å². The molecule has 4 heteroatoms. The predicted octanol–water partition coefficient (Wildman–Crippen LogP) is 3.36. The Labute approximate surface area is 128 Å². The Morgan fingerprint density at radius 2 is 1.95 bits per heavy atom. The largest absolute Gasteiger partial charge is 0.354 e. The van der Waals surface area contributed by atoms with E-state index in [2.05, 4.69) is 36.9 Å². The molecule has 1 aliphatic heterocycles. The molecule has 0 spiro atoms. The molecule has 1 fully saturated rings. The summed E-state index contributed by atoms with van der Waals surface area (Å²) in [5.74, 6) is 1.76. The van der Waals surface area contributed by atoms with E-state index < -0.39 is 10.8 Å². The monoisotopic (exact) mass is 302 g/mol. The van der Waals surface area contributed by atoms with Crippen LogP contribution in [0, 0.1) is 0 Å². The molecule has 2 heterocycles. The summed E-state index contributed by atoms with van der Waals surface area (Å²) in [6.07, 6.45) is 1.92. The number of hydrogen-bond acceptors (Lipinski definition) is 3. The summed E-state index contributed by atoms with van der Waals surface area (Å²) in [7, 11) is -0.728. The first-order chi connectivity index (χ1) is 10.2. The fraction of sp³-hybridized carbons (Fsp3) is 0.471. The van der Waals surface area contributed by atoms with Crippen molar-refractivity contribution in [1.29, 1.82) is 0 Å². The molecule has 21 heavy (non-hydrogen) atoms. The number of pyridine rings is 1. The number of para-hydroxylation sites is 1. The molecule has 0 amide bonds. The maximum Gasteiger partial charge on any atom is 0.129 e. The summed E-state index contributed by atoms with van der Waals surface area (Å²) < 4.78 is 12.4. The van der Waals surface area contributed by atoms with E-state index in [4.69, 9.17) is 4.98 Å². The minimum atomic E-state index is -0.728. The summed E-state index contributed by atoms with van der Waals surface area (Å²) >= 11 is 0. The number of aromatic nitrogens is 1. The summed E-state index contributed by atoms with van der Waals surface area (Å²) in [4.78, 5) is 7.09. The Bertz CT molecular complexity index is 667. The Balaban J connectivity index is 1.93. The summed E-state index contributed by atoms with van der Waals surface area (Å²) in [5.41, 5.74) is 1.03. The lowest BCUT2D eigenvalue weighted by molar-refractivity contribution is 0.494. The SMILES string of the molecule is CCC1(CC)CN(c2ccc3ccccc3n2)CCS1=O. The van der Waals surface area contributed by atoms with Gasteiger partial charge in [0.15, 0.2) is 0 Å². The van der Waals surface area contributed by atoms with Crippen LogP contribution < -0.4 is 4.90 Å². The molecule has 1 atom stereocenters. The van der Waals surface area contributed by atoms with E-state index in [1.54, 1.807) is 0 Å². The number of benzene rings is 1. The molecular weight excluding hydrogens is 280 g/mol. The molecule has 1 saturated heterocycles. The van der Waals surface area contributed by atoms with E-state index in [1.807, 2.05) is 18.2 Å². The molecule has 1 aliphatic rings. The maximum atomic E-state index is 12.4. The van der Waals surface area contributed by atoms with Gasteiger partial charge in [-0.05, 0) is 31.0 Å². The molecule has 1 unspecified atom stereocenters. The first-order valence-electron chi connectivity index (χ1n) is 7.68. The number of anilines is 1. The quantitative estimate of drug-likeness (QED) is 0.871. The summed E-state index contributed by atoms with van der Waals surface area (Å²) in [5, 5.41) is 1.17. The first kappa shape index (κ1) is 14.5. The van der Waals surface area contributed by atoms with Crippen LogP contribution in [0.3, 0.4) is 0 Å². The molecule has 3 rings (SSSR count). The lowest BCUT2D eigenvalue weighted by Crippen LogP contribution is -2.53. The average molecular weight is 302 g/mol. The fourth-order valence-corrected chi connectivity index (χ4v) is 4.89. The second kappa shape index (κ2) is 5.76. The van der Waals surface area contributed by atoms with Crippen LogP contribution in [-0.4, -0.2) is 32.8 Å². The summed E-state index contributed by atoms with van der Waals surface area (Å²) in [6, 6.07) is 12.4. The lowest BCUT2D eigenvalue weighted by atomic mass is 10.0. The van der Waals surface area contributed by atoms with Gasteiger partial charge in [-0.3, -0.25) is 4.21 Å². The molecule has 1 aromatic heterocycles. The fourth-order valence-electron chi connectivity index (χ4n) is 3.13. The minimum Gasteiger partial charge on any atom is -0.354 e. The Kier molecular flexibility index (Phi) is 3.98. The third kappa shape index (κ3) is 2.57. The third-order valence-corrected chi connectivity index (χ3v) is 6.93. The zero-order valence-corrected chi connectivity index (χ0v) is 13.5. The van der Waals surface area contributed by atoms with Crippen molar-refractivity contribution in [3.8, 4) is 0 Å². The van der Waals surface area contributed by atoms with Crippen LogP contribution in [0.1, 0.15) is 26.7 Å². The second-order valence-electron chi connectivity index (χ2n) is 5.72. The van der Waals surface area contributed by atoms with E-state index in [-0.39, 0.29) is 4.75 Å². The molecule has 0 aliphatic carbocycles. The normalized spacial score (nSPS) is 21.6. The van der Waals surface area contributed by atoms with Crippen molar-refractivity contribution in [2.45, 2.75) is 31.4 Å². The van der Waals surface area contributed by atoms with Gasteiger partial charge in [0.1, 0.15) is 5.82 Å². The highest BCUT2D eigenvalue weighted by molar-refractivity contribution is 7.86. The van der Waals surface area contributed by atoms with Crippen LogP contribution in [0.4, 0.5) is 5.82 Å². The van der Waals surface area contributed by atoms with Gasteiger partial charge in [-0.2, -0.15) is 0 Å². The molecule has 0 radical (unpaired) electrons. The van der Waals surface area contributed by atoms with E-state index in [0.29, 0.717) is 0 Å². The Hall–Kier alpha value is -1.42. The van der Waals surface area contributed by atoms with E-state index in [9.17, 15) is 4.21 Å². The Morgan fingerprint density at radius 1 is 1.19 bits per heavy atom. The van der Waals surface area contributed by atoms with Crippen molar-refractivity contribution < 1.29 is 4.21 Å². The van der Waals surface area contributed by atoms with Crippen LogP contribution in [0.5, 0.6) is 0 Å². The van der Waals surface area contributed by atoms with Gasteiger partial charge in [-0.15, -0.1) is 0 Å². The van der Waals surface area contributed by atoms with Crippen LogP contribution in [-0.2, 0) is 10.8 Å².